The highest BCUT2D eigenvalue weighted by atomic mass is 16.5. The fourth-order valence-electron chi connectivity index (χ4n) is 2.59. The van der Waals surface area contributed by atoms with E-state index in [1.54, 1.807) is 19.2 Å². The summed E-state index contributed by atoms with van der Waals surface area (Å²) in [6.45, 7) is 2.78. The topological polar surface area (TPSA) is 64.4 Å². The summed E-state index contributed by atoms with van der Waals surface area (Å²) < 4.78 is 11.0. The predicted octanol–water partition coefficient (Wildman–Crippen LogP) is 3.96. The number of nitrogens with zero attached hydrogens (tertiary/aromatic N) is 1. The van der Waals surface area contributed by atoms with Gasteiger partial charge in [0.25, 0.3) is 5.91 Å². The lowest BCUT2D eigenvalue weighted by atomic mass is 10.1. The number of rotatable bonds is 7. The Balaban J connectivity index is 1.74. The van der Waals surface area contributed by atoms with Crippen molar-refractivity contribution >= 4 is 17.0 Å². The Labute approximate surface area is 147 Å². The second-order valence-electron chi connectivity index (χ2n) is 5.92. The average Bonchev–Trinajstić information content (AvgIpc) is 3.03. The van der Waals surface area contributed by atoms with Crippen LogP contribution in [-0.4, -0.2) is 24.5 Å². The first-order valence-electron chi connectivity index (χ1n) is 8.50. The summed E-state index contributed by atoms with van der Waals surface area (Å²) in [5, 5.41) is 2.91. The van der Waals surface area contributed by atoms with Crippen LogP contribution in [0.1, 0.15) is 41.6 Å². The zero-order valence-corrected chi connectivity index (χ0v) is 14.5. The maximum absolute atomic E-state index is 12.1. The molecule has 0 saturated heterocycles. The van der Waals surface area contributed by atoms with E-state index < -0.39 is 0 Å². The molecule has 0 unspecified atom stereocenters. The zero-order chi connectivity index (χ0) is 17.6. The highest BCUT2D eigenvalue weighted by Gasteiger charge is 2.11. The fourth-order valence-corrected chi connectivity index (χ4v) is 2.59. The number of hydrogen-bond donors (Lipinski definition) is 1. The smallest absolute Gasteiger partial charge is 0.251 e. The summed E-state index contributed by atoms with van der Waals surface area (Å²) in [6, 6.07) is 13.2. The van der Waals surface area contributed by atoms with Crippen molar-refractivity contribution in [3.05, 3.63) is 59.5 Å². The molecule has 2 aromatic carbocycles. The molecule has 0 aliphatic carbocycles. The maximum atomic E-state index is 12.1. The van der Waals surface area contributed by atoms with Crippen molar-refractivity contribution in [1.29, 1.82) is 0 Å². The van der Waals surface area contributed by atoms with Crippen LogP contribution in [0.2, 0.25) is 0 Å². The third-order valence-corrected chi connectivity index (χ3v) is 4.03. The van der Waals surface area contributed by atoms with E-state index in [9.17, 15) is 4.79 Å². The maximum Gasteiger partial charge on any atom is 0.251 e. The second-order valence-corrected chi connectivity index (χ2v) is 5.92. The Morgan fingerprint density at radius 1 is 1.20 bits per heavy atom. The van der Waals surface area contributed by atoms with Gasteiger partial charge in [0, 0.05) is 18.5 Å². The van der Waals surface area contributed by atoms with Crippen LogP contribution in [0, 0.1) is 0 Å². The number of fused-ring (bicyclic) bond motifs is 1. The number of ether oxygens (including phenoxy) is 1. The monoisotopic (exact) mass is 338 g/mol. The second kappa shape index (κ2) is 7.83. The van der Waals surface area contributed by atoms with Crippen LogP contribution in [0.15, 0.2) is 46.9 Å². The lowest BCUT2D eigenvalue weighted by Crippen LogP contribution is -2.24. The zero-order valence-electron chi connectivity index (χ0n) is 14.5. The lowest BCUT2D eigenvalue weighted by molar-refractivity contribution is 0.0953. The molecule has 0 spiro atoms. The molecule has 25 heavy (non-hydrogen) atoms. The molecule has 0 aliphatic heterocycles. The van der Waals surface area contributed by atoms with Crippen LogP contribution in [0.25, 0.3) is 11.1 Å². The van der Waals surface area contributed by atoms with Gasteiger partial charge in [0.2, 0.25) is 0 Å². The van der Waals surface area contributed by atoms with Crippen molar-refractivity contribution in [2.75, 3.05) is 13.7 Å². The lowest BCUT2D eigenvalue weighted by Gasteiger charge is -2.03. The van der Waals surface area contributed by atoms with Crippen molar-refractivity contribution in [2.45, 2.75) is 26.2 Å². The van der Waals surface area contributed by atoms with Crippen LogP contribution in [0.4, 0.5) is 0 Å². The highest BCUT2D eigenvalue weighted by molar-refractivity contribution is 5.97. The molecule has 0 bridgehead atoms. The van der Waals surface area contributed by atoms with E-state index in [2.05, 4.69) is 17.2 Å². The molecular weight excluding hydrogens is 316 g/mol. The van der Waals surface area contributed by atoms with E-state index in [0.717, 1.165) is 29.7 Å². The number of aromatic nitrogens is 1. The van der Waals surface area contributed by atoms with Gasteiger partial charge in [-0.25, -0.2) is 4.98 Å². The van der Waals surface area contributed by atoms with Gasteiger partial charge >= 0.3 is 0 Å². The van der Waals surface area contributed by atoms with E-state index in [1.807, 2.05) is 30.3 Å². The summed E-state index contributed by atoms with van der Waals surface area (Å²) >= 11 is 0. The average molecular weight is 338 g/mol. The van der Waals surface area contributed by atoms with Crippen LogP contribution < -0.4 is 10.1 Å². The standard InChI is InChI=1S/C20H22N2O3/c1-3-4-11-21-20(23)15-7-10-17-18(13-15)25-19(22-17)12-14-5-8-16(24-2)9-6-14/h5-10,13H,3-4,11-12H2,1-2H3,(H,21,23). The molecule has 1 aromatic heterocycles. The minimum atomic E-state index is -0.0801. The van der Waals surface area contributed by atoms with Crippen LogP contribution in [-0.2, 0) is 6.42 Å². The van der Waals surface area contributed by atoms with E-state index in [4.69, 9.17) is 9.15 Å². The molecule has 130 valence electrons. The van der Waals surface area contributed by atoms with E-state index in [-0.39, 0.29) is 5.91 Å². The van der Waals surface area contributed by atoms with Crippen LogP contribution in [0.3, 0.4) is 0 Å². The Morgan fingerprint density at radius 2 is 2.00 bits per heavy atom. The number of amides is 1. The predicted molar refractivity (Wildman–Crippen MR) is 97.1 cm³/mol. The van der Waals surface area contributed by atoms with E-state index in [0.29, 0.717) is 30.0 Å². The van der Waals surface area contributed by atoms with Gasteiger partial charge in [-0.05, 0) is 42.3 Å². The molecular formula is C20H22N2O3. The van der Waals surface area contributed by atoms with Crippen LogP contribution >= 0.6 is 0 Å². The Hall–Kier alpha value is -2.82. The number of benzene rings is 2. The normalized spacial score (nSPS) is 10.8. The molecule has 5 heteroatoms. The molecule has 0 aliphatic rings. The number of unbranched alkanes of at least 4 members (excludes halogenated alkanes) is 1. The first-order chi connectivity index (χ1) is 12.2. The van der Waals surface area contributed by atoms with E-state index in [1.165, 1.54) is 0 Å². The van der Waals surface area contributed by atoms with Crippen molar-refractivity contribution < 1.29 is 13.9 Å². The SMILES string of the molecule is CCCCNC(=O)c1ccc2nc(Cc3ccc(OC)cc3)oc2c1. The summed E-state index contributed by atoms with van der Waals surface area (Å²) in [5.74, 6) is 1.37. The molecule has 3 rings (SSSR count). The summed E-state index contributed by atoms with van der Waals surface area (Å²) in [7, 11) is 1.64. The number of carbonyl (C=O) groups excluding carboxylic acids is 1. The fraction of sp³-hybridized carbons (Fsp3) is 0.300. The van der Waals surface area contributed by atoms with Crippen molar-refractivity contribution in [3.63, 3.8) is 0 Å². The first-order valence-corrected chi connectivity index (χ1v) is 8.50. The van der Waals surface area contributed by atoms with Gasteiger partial charge in [-0.3, -0.25) is 4.79 Å². The summed E-state index contributed by atoms with van der Waals surface area (Å²) in [4.78, 5) is 16.6. The third-order valence-electron chi connectivity index (χ3n) is 4.03. The van der Waals surface area contributed by atoms with E-state index >= 15 is 0 Å². The quantitative estimate of drug-likeness (QED) is 0.662. The van der Waals surface area contributed by atoms with Crippen molar-refractivity contribution in [1.82, 2.24) is 10.3 Å². The van der Waals surface area contributed by atoms with Gasteiger partial charge in [0.05, 0.1) is 7.11 Å². The number of oxazole rings is 1. The van der Waals surface area contributed by atoms with Gasteiger partial charge in [0.1, 0.15) is 11.3 Å². The van der Waals surface area contributed by atoms with Gasteiger partial charge in [-0.1, -0.05) is 25.5 Å². The number of hydrogen-bond acceptors (Lipinski definition) is 4. The Kier molecular flexibility index (Phi) is 5.33. The van der Waals surface area contributed by atoms with Gasteiger partial charge in [0.15, 0.2) is 11.5 Å². The molecule has 1 amide bonds. The number of methoxy groups -OCH3 is 1. The molecule has 1 N–H and O–H groups in total. The van der Waals surface area contributed by atoms with Crippen molar-refractivity contribution in [2.24, 2.45) is 0 Å². The Morgan fingerprint density at radius 3 is 2.72 bits per heavy atom. The van der Waals surface area contributed by atoms with Crippen LogP contribution in [0.5, 0.6) is 5.75 Å². The molecule has 0 saturated carbocycles. The van der Waals surface area contributed by atoms with Gasteiger partial charge < -0.3 is 14.5 Å². The molecule has 3 aromatic rings. The summed E-state index contributed by atoms with van der Waals surface area (Å²) in [5.41, 5.74) is 3.07. The summed E-state index contributed by atoms with van der Waals surface area (Å²) in [6.07, 6.45) is 2.62. The highest BCUT2D eigenvalue weighted by Crippen LogP contribution is 2.20. The molecule has 1 heterocycles. The minimum absolute atomic E-state index is 0.0801. The molecule has 5 nitrogen and oxygen atoms in total. The number of nitrogens with one attached hydrogen (secondary N) is 1. The first kappa shape index (κ1) is 17.0. The van der Waals surface area contributed by atoms with Gasteiger partial charge in [-0.15, -0.1) is 0 Å². The third kappa shape index (κ3) is 4.18. The van der Waals surface area contributed by atoms with Crippen molar-refractivity contribution in [3.8, 4) is 5.75 Å². The molecule has 0 fully saturated rings. The largest absolute Gasteiger partial charge is 0.497 e. The Bertz CT molecular complexity index is 853. The molecule has 0 radical (unpaired) electrons. The minimum Gasteiger partial charge on any atom is -0.497 e. The molecule has 0 atom stereocenters. The number of carbonyl (C=O) groups is 1. The van der Waals surface area contributed by atoms with Gasteiger partial charge in [-0.2, -0.15) is 0 Å².